The largest absolute Gasteiger partial charge is 0.460 e. The molecule has 0 atom stereocenters. The van der Waals surface area contributed by atoms with Gasteiger partial charge in [-0.1, -0.05) is 6.07 Å². The zero-order valence-electron chi connectivity index (χ0n) is 18.4. The first-order valence-electron chi connectivity index (χ1n) is 11.0. The van der Waals surface area contributed by atoms with Crippen molar-refractivity contribution in [1.82, 2.24) is 10.2 Å². The highest BCUT2D eigenvalue weighted by Gasteiger charge is 2.53. The number of carbonyl (C=O) groups is 3. The Morgan fingerprint density at radius 2 is 1.84 bits per heavy atom. The van der Waals surface area contributed by atoms with Crippen LogP contribution in [-0.4, -0.2) is 48.0 Å². The van der Waals surface area contributed by atoms with Crippen LogP contribution in [0.4, 0.5) is 14.9 Å². The van der Waals surface area contributed by atoms with Gasteiger partial charge in [-0.25, -0.2) is 9.18 Å². The number of ether oxygens (including phenoxy) is 1. The van der Waals surface area contributed by atoms with Crippen molar-refractivity contribution in [3.63, 3.8) is 0 Å². The third-order valence-corrected chi connectivity index (χ3v) is 6.36. The maximum absolute atomic E-state index is 15.1. The fraction of sp³-hybridized carbons (Fsp3) is 0.609. The lowest BCUT2D eigenvalue weighted by Gasteiger charge is -2.36. The number of benzene rings is 1. The number of piperidine rings is 1. The summed E-state index contributed by atoms with van der Waals surface area (Å²) in [7, 11) is 0. The normalized spacial score (nSPS) is 21.7. The smallest absolute Gasteiger partial charge is 0.324 e. The Morgan fingerprint density at radius 3 is 2.39 bits per heavy atom. The summed E-state index contributed by atoms with van der Waals surface area (Å²) in [5.74, 6) is -0.939. The minimum Gasteiger partial charge on any atom is -0.460 e. The molecule has 0 bridgehead atoms. The van der Waals surface area contributed by atoms with Crippen molar-refractivity contribution in [2.45, 2.75) is 64.0 Å². The Hall–Kier alpha value is -2.64. The number of amides is 3. The molecule has 2 heterocycles. The molecule has 2 aliphatic heterocycles. The van der Waals surface area contributed by atoms with E-state index in [2.05, 4.69) is 5.32 Å². The second-order valence-corrected chi connectivity index (χ2v) is 9.75. The van der Waals surface area contributed by atoms with E-state index in [4.69, 9.17) is 4.74 Å². The van der Waals surface area contributed by atoms with E-state index in [-0.39, 0.29) is 30.0 Å². The molecule has 3 aliphatic rings. The molecule has 1 aliphatic carbocycles. The topological polar surface area (TPSA) is 79.0 Å². The monoisotopic (exact) mass is 431 g/mol. The Morgan fingerprint density at radius 1 is 1.16 bits per heavy atom. The molecule has 0 spiro atoms. The van der Waals surface area contributed by atoms with Crippen LogP contribution >= 0.6 is 0 Å². The van der Waals surface area contributed by atoms with Crippen LogP contribution in [0.5, 0.6) is 0 Å². The zero-order chi connectivity index (χ0) is 22.4. The van der Waals surface area contributed by atoms with Crippen molar-refractivity contribution in [3.8, 4) is 0 Å². The highest BCUT2D eigenvalue weighted by molar-refractivity contribution is 5.97. The summed E-state index contributed by atoms with van der Waals surface area (Å²) in [4.78, 5) is 39.7. The number of rotatable bonds is 4. The van der Waals surface area contributed by atoms with Crippen molar-refractivity contribution in [3.05, 3.63) is 29.6 Å². The third-order valence-electron chi connectivity index (χ3n) is 6.36. The number of esters is 1. The molecule has 3 fully saturated rings. The fourth-order valence-electron chi connectivity index (χ4n) is 4.60. The highest BCUT2D eigenvalue weighted by Crippen LogP contribution is 2.52. The number of hydrogen-bond acceptors (Lipinski definition) is 5. The van der Waals surface area contributed by atoms with Gasteiger partial charge in [0.25, 0.3) is 0 Å². The molecule has 0 aromatic heterocycles. The van der Waals surface area contributed by atoms with Gasteiger partial charge in [0.1, 0.15) is 11.4 Å². The van der Waals surface area contributed by atoms with Crippen LogP contribution in [0.1, 0.15) is 58.4 Å². The van der Waals surface area contributed by atoms with Crippen molar-refractivity contribution in [2.24, 2.45) is 5.92 Å². The molecule has 1 saturated carbocycles. The lowest BCUT2D eigenvalue weighted by molar-refractivity contribution is -0.160. The van der Waals surface area contributed by atoms with Gasteiger partial charge in [-0.15, -0.1) is 0 Å². The summed E-state index contributed by atoms with van der Waals surface area (Å²) < 4.78 is 20.6. The number of halogens is 1. The van der Waals surface area contributed by atoms with Gasteiger partial charge in [-0.05, 0) is 64.2 Å². The average Bonchev–Trinajstić information content (AvgIpc) is 3.48. The lowest BCUT2D eigenvalue weighted by atomic mass is 9.95. The average molecular weight is 432 g/mol. The van der Waals surface area contributed by atoms with Crippen LogP contribution in [-0.2, 0) is 19.9 Å². The molecule has 0 radical (unpaired) electrons. The predicted octanol–water partition coefficient (Wildman–Crippen LogP) is 3.31. The number of carbonyl (C=O) groups excluding carboxylic acids is 3. The van der Waals surface area contributed by atoms with E-state index in [0.29, 0.717) is 38.2 Å². The molecule has 8 heteroatoms. The minimum absolute atomic E-state index is 0.159. The second-order valence-electron chi connectivity index (χ2n) is 9.75. The number of nitrogens with zero attached hydrogens (tertiary/aromatic N) is 2. The Labute approximate surface area is 181 Å². The van der Waals surface area contributed by atoms with Gasteiger partial charge in [-0.2, -0.15) is 0 Å². The molecular formula is C23H30FN3O4. The van der Waals surface area contributed by atoms with E-state index in [9.17, 15) is 14.4 Å². The summed E-state index contributed by atoms with van der Waals surface area (Å²) in [6.45, 7) is 7.09. The van der Waals surface area contributed by atoms with E-state index in [1.165, 1.54) is 6.07 Å². The van der Waals surface area contributed by atoms with E-state index >= 15 is 4.39 Å². The summed E-state index contributed by atoms with van der Waals surface area (Å²) in [5, 5.41) is 2.36. The van der Waals surface area contributed by atoms with Gasteiger partial charge >= 0.3 is 12.0 Å². The molecule has 4 rings (SSSR count). The van der Waals surface area contributed by atoms with E-state index in [1.54, 1.807) is 11.0 Å². The van der Waals surface area contributed by atoms with Crippen LogP contribution in [0.3, 0.4) is 0 Å². The number of imide groups is 1. The van der Waals surface area contributed by atoms with Crippen LogP contribution in [0.25, 0.3) is 0 Å². The Kier molecular flexibility index (Phi) is 5.43. The lowest BCUT2D eigenvalue weighted by Crippen LogP contribution is -2.53. The molecule has 31 heavy (non-hydrogen) atoms. The van der Waals surface area contributed by atoms with Crippen molar-refractivity contribution >= 4 is 23.6 Å². The Bertz CT molecular complexity index is 899. The maximum atomic E-state index is 15.1. The van der Waals surface area contributed by atoms with E-state index in [1.807, 2.05) is 31.7 Å². The highest BCUT2D eigenvalue weighted by atomic mass is 19.1. The number of hydrogen-bond donors (Lipinski definition) is 1. The number of urea groups is 1. The molecule has 1 aromatic rings. The summed E-state index contributed by atoms with van der Waals surface area (Å²) in [6, 6.07) is 4.77. The first-order valence-corrected chi connectivity index (χ1v) is 11.0. The van der Waals surface area contributed by atoms with Gasteiger partial charge in [0.2, 0.25) is 5.91 Å². The SMILES string of the molecule is CC(C)(C)OC(=O)C1CCN(c2ccc(C3(N4CCC(=O)NC4=O)CC3)cc2F)CC1. The molecule has 1 N–H and O–H groups in total. The van der Waals surface area contributed by atoms with Crippen molar-refractivity contribution < 1.29 is 23.5 Å². The van der Waals surface area contributed by atoms with Crippen molar-refractivity contribution in [1.29, 1.82) is 0 Å². The van der Waals surface area contributed by atoms with Crippen LogP contribution < -0.4 is 10.2 Å². The first-order chi connectivity index (χ1) is 14.6. The summed E-state index contributed by atoms with van der Waals surface area (Å²) in [5.41, 5.74) is 0.254. The minimum atomic E-state index is -0.520. The molecule has 0 unspecified atom stereocenters. The molecule has 3 amide bonds. The maximum Gasteiger partial charge on any atom is 0.324 e. The van der Waals surface area contributed by atoms with Gasteiger partial charge in [-0.3, -0.25) is 14.9 Å². The summed E-state index contributed by atoms with van der Waals surface area (Å²) in [6.07, 6.45) is 3.04. The molecule has 2 saturated heterocycles. The third kappa shape index (κ3) is 4.38. The molecule has 1 aromatic carbocycles. The number of nitrogens with one attached hydrogen (secondary N) is 1. The molecule has 168 valence electrons. The quantitative estimate of drug-likeness (QED) is 0.740. The standard InChI is InChI=1S/C23H30FN3O4/c1-22(2,3)31-20(29)15-6-11-26(12-7-15)18-5-4-16(14-17(18)24)23(9-10-23)27-13-8-19(28)25-21(27)30/h4-5,14-15H,6-13H2,1-3H3,(H,25,28,30). The summed E-state index contributed by atoms with van der Waals surface area (Å²) >= 11 is 0. The predicted molar refractivity (Wildman–Crippen MR) is 113 cm³/mol. The fourth-order valence-corrected chi connectivity index (χ4v) is 4.60. The van der Waals surface area contributed by atoms with Crippen LogP contribution in [0, 0.1) is 11.7 Å². The van der Waals surface area contributed by atoms with Gasteiger partial charge in [0, 0.05) is 26.1 Å². The molecular weight excluding hydrogens is 401 g/mol. The van der Waals surface area contributed by atoms with Gasteiger partial charge < -0.3 is 14.5 Å². The number of anilines is 1. The van der Waals surface area contributed by atoms with Crippen LogP contribution in [0.2, 0.25) is 0 Å². The van der Waals surface area contributed by atoms with Crippen molar-refractivity contribution in [2.75, 3.05) is 24.5 Å². The van der Waals surface area contributed by atoms with E-state index in [0.717, 1.165) is 18.4 Å². The zero-order valence-corrected chi connectivity index (χ0v) is 18.4. The second kappa shape index (κ2) is 7.80. The first kappa shape index (κ1) is 21.6. The molecule has 7 nitrogen and oxygen atoms in total. The van der Waals surface area contributed by atoms with Gasteiger partial charge in [0.15, 0.2) is 0 Å². The van der Waals surface area contributed by atoms with Crippen LogP contribution in [0.15, 0.2) is 18.2 Å². The van der Waals surface area contributed by atoms with E-state index < -0.39 is 17.2 Å². The Balaban J connectivity index is 1.43. The van der Waals surface area contributed by atoms with Gasteiger partial charge in [0.05, 0.1) is 17.1 Å².